The fourth-order valence-electron chi connectivity index (χ4n) is 1.57. The van der Waals surface area contributed by atoms with E-state index in [1.54, 1.807) is 0 Å². The summed E-state index contributed by atoms with van der Waals surface area (Å²) in [4.78, 5) is 5.88. The first kappa shape index (κ1) is 6.35. The molecule has 1 aromatic rings. The number of thiazole rings is 1. The summed E-state index contributed by atoms with van der Waals surface area (Å²) in [5.41, 5.74) is 3.35. The van der Waals surface area contributed by atoms with E-state index >= 15 is 0 Å². The topological polar surface area (TPSA) is 12.9 Å². The van der Waals surface area contributed by atoms with Gasteiger partial charge in [-0.1, -0.05) is 6.92 Å². The maximum Gasteiger partial charge on any atom is 0.0797 e. The average molecular weight is 153 g/mol. The van der Waals surface area contributed by atoms with Crippen LogP contribution in [0.4, 0.5) is 0 Å². The highest BCUT2D eigenvalue weighted by Crippen LogP contribution is 2.31. The number of aromatic nitrogens is 1. The second-order valence-corrected chi connectivity index (χ2v) is 3.89. The van der Waals surface area contributed by atoms with Crippen LogP contribution in [-0.4, -0.2) is 4.98 Å². The van der Waals surface area contributed by atoms with E-state index in [0.29, 0.717) is 0 Å². The van der Waals surface area contributed by atoms with Crippen molar-refractivity contribution >= 4 is 11.3 Å². The predicted octanol–water partition coefficient (Wildman–Crippen LogP) is 2.58. The molecule has 0 aromatic carbocycles. The molecule has 1 aromatic heterocycles. The molecule has 1 aliphatic carbocycles. The van der Waals surface area contributed by atoms with Crippen molar-refractivity contribution in [3.05, 3.63) is 16.1 Å². The summed E-state index contributed by atoms with van der Waals surface area (Å²) in [7, 11) is 0. The van der Waals surface area contributed by atoms with Gasteiger partial charge in [0.1, 0.15) is 0 Å². The van der Waals surface area contributed by atoms with Crippen molar-refractivity contribution in [2.75, 3.05) is 0 Å². The van der Waals surface area contributed by atoms with Gasteiger partial charge in [0.15, 0.2) is 0 Å². The molecule has 0 saturated carbocycles. The number of rotatable bonds is 0. The molecule has 54 valence electrons. The van der Waals surface area contributed by atoms with Gasteiger partial charge in [0, 0.05) is 4.88 Å². The molecule has 0 aliphatic heterocycles. The first-order chi connectivity index (χ1) is 4.88. The molecule has 0 N–H and O–H groups in total. The standard InChI is InChI=1S/C8H11NS/c1-6-3-2-4-7-8(6)9-5-10-7/h5-6H,2-4H2,1H3. The van der Waals surface area contributed by atoms with Crippen molar-refractivity contribution in [3.8, 4) is 0 Å². The van der Waals surface area contributed by atoms with E-state index in [-0.39, 0.29) is 0 Å². The second kappa shape index (κ2) is 2.35. The van der Waals surface area contributed by atoms with Crippen molar-refractivity contribution in [2.24, 2.45) is 0 Å². The van der Waals surface area contributed by atoms with Crippen LogP contribution in [-0.2, 0) is 6.42 Å². The van der Waals surface area contributed by atoms with Gasteiger partial charge in [-0.15, -0.1) is 11.3 Å². The summed E-state index contributed by atoms with van der Waals surface area (Å²) in [6.07, 6.45) is 3.96. The fraction of sp³-hybridized carbons (Fsp3) is 0.625. The predicted molar refractivity (Wildman–Crippen MR) is 43.5 cm³/mol. The lowest BCUT2D eigenvalue weighted by Gasteiger charge is -2.15. The number of aryl methyl sites for hydroxylation is 1. The number of hydrogen-bond acceptors (Lipinski definition) is 2. The Bertz CT molecular complexity index is 229. The van der Waals surface area contributed by atoms with E-state index in [2.05, 4.69) is 11.9 Å². The molecular weight excluding hydrogens is 142 g/mol. The van der Waals surface area contributed by atoms with Crippen LogP contribution in [0, 0.1) is 0 Å². The zero-order valence-electron chi connectivity index (χ0n) is 6.13. The second-order valence-electron chi connectivity index (χ2n) is 2.95. The Hall–Kier alpha value is -0.370. The van der Waals surface area contributed by atoms with Crippen LogP contribution in [0.1, 0.15) is 36.3 Å². The van der Waals surface area contributed by atoms with Crippen LogP contribution >= 0.6 is 11.3 Å². The maximum atomic E-state index is 4.36. The molecule has 2 rings (SSSR count). The molecule has 1 heterocycles. The van der Waals surface area contributed by atoms with Crippen molar-refractivity contribution in [2.45, 2.75) is 32.1 Å². The van der Waals surface area contributed by atoms with Gasteiger partial charge in [0.2, 0.25) is 0 Å². The molecular formula is C8H11NS. The largest absolute Gasteiger partial charge is 0.249 e. The lowest BCUT2D eigenvalue weighted by Crippen LogP contribution is -2.04. The first-order valence-corrected chi connectivity index (χ1v) is 4.68. The Kier molecular flexibility index (Phi) is 1.49. The molecule has 0 amide bonds. The zero-order valence-corrected chi connectivity index (χ0v) is 6.95. The minimum absolute atomic E-state index is 0.718. The SMILES string of the molecule is CC1CCCc2scnc21. The molecule has 0 fully saturated rings. The van der Waals surface area contributed by atoms with E-state index in [9.17, 15) is 0 Å². The van der Waals surface area contributed by atoms with Crippen LogP contribution in [0.5, 0.6) is 0 Å². The van der Waals surface area contributed by atoms with Crippen molar-refractivity contribution in [1.82, 2.24) is 4.98 Å². The number of fused-ring (bicyclic) bond motifs is 1. The average Bonchev–Trinajstić information content (AvgIpc) is 2.36. The van der Waals surface area contributed by atoms with Gasteiger partial charge >= 0.3 is 0 Å². The van der Waals surface area contributed by atoms with Crippen molar-refractivity contribution < 1.29 is 0 Å². The highest BCUT2D eigenvalue weighted by molar-refractivity contribution is 7.09. The van der Waals surface area contributed by atoms with Crippen molar-refractivity contribution in [1.29, 1.82) is 0 Å². The smallest absolute Gasteiger partial charge is 0.0797 e. The molecule has 1 atom stereocenters. The van der Waals surface area contributed by atoms with Crippen LogP contribution in [0.25, 0.3) is 0 Å². The Morgan fingerprint density at radius 2 is 2.60 bits per heavy atom. The fourth-order valence-corrected chi connectivity index (χ4v) is 2.50. The van der Waals surface area contributed by atoms with Crippen molar-refractivity contribution in [3.63, 3.8) is 0 Å². The van der Waals surface area contributed by atoms with Gasteiger partial charge in [-0.3, -0.25) is 0 Å². The lowest BCUT2D eigenvalue weighted by molar-refractivity contribution is 0.584. The van der Waals surface area contributed by atoms with Gasteiger partial charge in [-0.25, -0.2) is 4.98 Å². The Morgan fingerprint density at radius 1 is 1.70 bits per heavy atom. The summed E-state index contributed by atoms with van der Waals surface area (Å²) in [6.45, 7) is 2.28. The van der Waals surface area contributed by atoms with Gasteiger partial charge in [0.05, 0.1) is 11.2 Å². The molecule has 0 radical (unpaired) electrons. The van der Waals surface area contributed by atoms with E-state index in [0.717, 1.165) is 5.92 Å². The normalized spacial score (nSPS) is 24.3. The van der Waals surface area contributed by atoms with Gasteiger partial charge in [-0.2, -0.15) is 0 Å². The molecule has 2 heteroatoms. The summed E-state index contributed by atoms with van der Waals surface area (Å²) in [5, 5.41) is 0. The summed E-state index contributed by atoms with van der Waals surface area (Å²) >= 11 is 1.82. The maximum absolute atomic E-state index is 4.36. The van der Waals surface area contributed by atoms with Crippen LogP contribution in [0.15, 0.2) is 5.51 Å². The quantitative estimate of drug-likeness (QED) is 0.558. The van der Waals surface area contributed by atoms with Gasteiger partial charge in [0.25, 0.3) is 0 Å². The monoisotopic (exact) mass is 153 g/mol. The lowest BCUT2D eigenvalue weighted by atomic mass is 9.93. The highest BCUT2D eigenvalue weighted by Gasteiger charge is 2.17. The van der Waals surface area contributed by atoms with Gasteiger partial charge < -0.3 is 0 Å². The third-order valence-corrected chi connectivity index (χ3v) is 3.09. The highest BCUT2D eigenvalue weighted by atomic mass is 32.1. The summed E-state index contributed by atoms with van der Waals surface area (Å²) in [5.74, 6) is 0.718. The third-order valence-electron chi connectivity index (χ3n) is 2.18. The summed E-state index contributed by atoms with van der Waals surface area (Å²) < 4.78 is 0. The molecule has 0 saturated heterocycles. The van der Waals surface area contributed by atoms with Crippen LogP contribution in [0.3, 0.4) is 0 Å². The minimum Gasteiger partial charge on any atom is -0.249 e. The van der Waals surface area contributed by atoms with E-state index < -0.39 is 0 Å². The van der Waals surface area contributed by atoms with Crippen LogP contribution < -0.4 is 0 Å². The van der Waals surface area contributed by atoms with Crippen LogP contribution in [0.2, 0.25) is 0 Å². The molecule has 1 unspecified atom stereocenters. The number of hydrogen-bond donors (Lipinski definition) is 0. The Labute approximate surface area is 65.1 Å². The van der Waals surface area contributed by atoms with Gasteiger partial charge in [-0.05, 0) is 25.2 Å². The molecule has 10 heavy (non-hydrogen) atoms. The number of nitrogens with zero attached hydrogens (tertiary/aromatic N) is 1. The summed E-state index contributed by atoms with van der Waals surface area (Å²) in [6, 6.07) is 0. The Morgan fingerprint density at radius 3 is 3.40 bits per heavy atom. The third kappa shape index (κ3) is 0.870. The Balaban J connectivity index is 2.41. The minimum atomic E-state index is 0.718. The molecule has 0 spiro atoms. The molecule has 1 aliphatic rings. The molecule has 1 nitrogen and oxygen atoms in total. The zero-order chi connectivity index (χ0) is 6.97. The van der Waals surface area contributed by atoms with E-state index in [4.69, 9.17) is 0 Å². The van der Waals surface area contributed by atoms with E-state index in [1.807, 2.05) is 16.8 Å². The van der Waals surface area contributed by atoms with E-state index in [1.165, 1.54) is 29.8 Å². The first-order valence-electron chi connectivity index (χ1n) is 3.80. The molecule has 0 bridgehead atoms.